The maximum atomic E-state index is 13.2. The first kappa shape index (κ1) is 19.1. The minimum Gasteiger partial charge on any atom is -0.457 e. The van der Waals surface area contributed by atoms with Crippen molar-refractivity contribution in [2.75, 3.05) is 6.26 Å². The molecule has 0 radical (unpaired) electrons. The van der Waals surface area contributed by atoms with Crippen molar-refractivity contribution in [3.8, 4) is 11.3 Å². The summed E-state index contributed by atoms with van der Waals surface area (Å²) in [5, 5.41) is 10.8. The number of rotatable bonds is 2. The van der Waals surface area contributed by atoms with Gasteiger partial charge >= 0.3 is 0 Å². The Morgan fingerprint density at radius 2 is 1.97 bits per heavy atom. The molecule has 0 bridgehead atoms. The number of hydrazone groups is 1. The number of nitrogens with zero attached hydrogens (tertiary/aromatic N) is 3. The number of furan rings is 1. The number of carbonyl (C=O) groups excluding carboxylic acids is 1. The summed E-state index contributed by atoms with van der Waals surface area (Å²) in [7, 11) is 0. The van der Waals surface area contributed by atoms with Gasteiger partial charge in [0.1, 0.15) is 17.3 Å². The van der Waals surface area contributed by atoms with Gasteiger partial charge in [0, 0.05) is 15.3 Å². The molecule has 2 aliphatic heterocycles. The highest BCUT2D eigenvalue weighted by Crippen LogP contribution is 2.34. The maximum absolute atomic E-state index is 13.2. The van der Waals surface area contributed by atoms with Crippen LogP contribution in [-0.2, 0) is 4.79 Å². The molecule has 1 N–H and O–H groups in total. The number of thioether (sulfide) groups is 1. The van der Waals surface area contributed by atoms with E-state index in [4.69, 9.17) is 9.41 Å². The number of nitrogens with one attached hydrogen (secondary N) is 1. The zero-order valence-electron chi connectivity index (χ0n) is 15.6. The zero-order chi connectivity index (χ0) is 20.8. The minimum absolute atomic E-state index is 0.251. The third-order valence-electron chi connectivity index (χ3n) is 4.77. The van der Waals surface area contributed by atoms with Crippen molar-refractivity contribution in [3.05, 3.63) is 81.2 Å². The first-order valence-corrected chi connectivity index (χ1v) is 11.0. The topological polar surface area (TPSA) is 70.2 Å². The van der Waals surface area contributed by atoms with Gasteiger partial charge in [-0.25, -0.2) is 14.4 Å². The van der Waals surface area contributed by atoms with Gasteiger partial charge in [-0.1, -0.05) is 27.7 Å². The minimum atomic E-state index is -0.643. The van der Waals surface area contributed by atoms with Crippen LogP contribution in [0.2, 0.25) is 0 Å². The van der Waals surface area contributed by atoms with Crippen LogP contribution in [-0.4, -0.2) is 22.3 Å². The Kier molecular flexibility index (Phi) is 4.71. The van der Waals surface area contributed by atoms with Crippen LogP contribution in [0.3, 0.4) is 0 Å². The lowest BCUT2D eigenvalue weighted by molar-refractivity contribution is -0.116. The van der Waals surface area contributed by atoms with Gasteiger partial charge in [0.2, 0.25) is 6.17 Å². The van der Waals surface area contributed by atoms with E-state index in [9.17, 15) is 9.18 Å². The third-order valence-corrected chi connectivity index (χ3v) is 5.84. The number of carbonyl (C=O) groups is 1. The van der Waals surface area contributed by atoms with Crippen LogP contribution in [0.25, 0.3) is 17.0 Å². The summed E-state index contributed by atoms with van der Waals surface area (Å²) in [6, 6.07) is 15.2. The second-order valence-electron chi connectivity index (χ2n) is 6.63. The number of amides is 1. The Morgan fingerprint density at radius 3 is 2.73 bits per heavy atom. The maximum Gasteiger partial charge on any atom is 0.276 e. The number of fused-ring (bicyclic) bond motifs is 2. The monoisotopic (exact) mass is 484 g/mol. The summed E-state index contributed by atoms with van der Waals surface area (Å²) < 4.78 is 20.1. The summed E-state index contributed by atoms with van der Waals surface area (Å²) in [6.07, 6.45) is 1.20. The van der Waals surface area contributed by atoms with E-state index < -0.39 is 6.17 Å². The smallest absolute Gasteiger partial charge is 0.276 e. The molecular formula is C21H14BrFN4O2S. The summed E-state index contributed by atoms with van der Waals surface area (Å²) in [6.45, 7) is 0. The SMILES string of the molecule is CSC1=NN2C(=c3cc(Br)ccc3=N[C@H]2c2ccc(-c3ccc(F)cc3)o2)C(=O)N1. The summed E-state index contributed by atoms with van der Waals surface area (Å²) in [5.41, 5.74) is 1.15. The number of amidine groups is 1. The highest BCUT2D eigenvalue weighted by molar-refractivity contribution is 9.10. The molecule has 150 valence electrons. The van der Waals surface area contributed by atoms with Crippen molar-refractivity contribution in [2.45, 2.75) is 6.17 Å². The van der Waals surface area contributed by atoms with Gasteiger partial charge in [-0.2, -0.15) is 0 Å². The van der Waals surface area contributed by atoms with Crippen LogP contribution in [0.5, 0.6) is 0 Å². The van der Waals surface area contributed by atoms with Crippen LogP contribution >= 0.6 is 27.7 Å². The average molecular weight is 485 g/mol. The Bertz CT molecular complexity index is 1320. The van der Waals surface area contributed by atoms with E-state index >= 15 is 0 Å². The number of benzene rings is 2. The van der Waals surface area contributed by atoms with Gasteiger partial charge < -0.3 is 4.42 Å². The van der Waals surface area contributed by atoms with E-state index in [2.05, 4.69) is 26.3 Å². The molecule has 0 unspecified atom stereocenters. The number of hydrogen-bond acceptors (Lipinski definition) is 6. The molecule has 1 amide bonds. The van der Waals surface area contributed by atoms with Crippen molar-refractivity contribution < 1.29 is 13.6 Å². The van der Waals surface area contributed by atoms with E-state index in [1.165, 1.54) is 23.9 Å². The standard InChI is InChI=1S/C21H14BrFN4O2S/c1-30-21-25-20(28)18-14-10-12(22)4-7-15(14)24-19(27(18)26-21)17-9-8-16(29-17)11-2-5-13(23)6-3-11/h2-10,19H,1H3,(H,25,26,28)/t19-/m1/s1. The van der Waals surface area contributed by atoms with Crippen LogP contribution in [0.1, 0.15) is 11.9 Å². The predicted octanol–water partition coefficient (Wildman–Crippen LogP) is 3.35. The fourth-order valence-corrected chi connectivity index (χ4v) is 4.12. The molecule has 0 spiro atoms. The molecule has 30 heavy (non-hydrogen) atoms. The zero-order valence-corrected chi connectivity index (χ0v) is 18.0. The van der Waals surface area contributed by atoms with Gasteiger partial charge in [0.05, 0.1) is 5.36 Å². The molecule has 0 aliphatic carbocycles. The largest absolute Gasteiger partial charge is 0.457 e. The van der Waals surface area contributed by atoms with Gasteiger partial charge in [0.25, 0.3) is 5.91 Å². The summed E-state index contributed by atoms with van der Waals surface area (Å²) in [4.78, 5) is 17.7. The van der Waals surface area contributed by atoms with Gasteiger partial charge in [-0.15, -0.1) is 5.10 Å². The normalized spacial score (nSPS) is 17.6. The number of halogens is 2. The fraction of sp³-hybridized carbons (Fsp3) is 0.0952. The second kappa shape index (κ2) is 7.41. The molecule has 2 aliphatic rings. The lowest BCUT2D eigenvalue weighted by Crippen LogP contribution is -2.50. The molecule has 1 aromatic heterocycles. The third kappa shape index (κ3) is 3.23. The van der Waals surface area contributed by atoms with E-state index in [-0.39, 0.29) is 11.7 Å². The van der Waals surface area contributed by atoms with Crippen LogP contribution in [0.4, 0.5) is 4.39 Å². The predicted molar refractivity (Wildman–Crippen MR) is 116 cm³/mol. The second-order valence-corrected chi connectivity index (χ2v) is 8.34. The molecule has 9 heteroatoms. The van der Waals surface area contributed by atoms with Crippen LogP contribution in [0, 0.1) is 5.82 Å². The molecule has 0 saturated heterocycles. The van der Waals surface area contributed by atoms with Gasteiger partial charge in [0.15, 0.2) is 10.9 Å². The van der Waals surface area contributed by atoms with Crippen LogP contribution in [0.15, 0.2) is 73.6 Å². The van der Waals surface area contributed by atoms with Crippen molar-refractivity contribution >= 4 is 44.5 Å². The van der Waals surface area contributed by atoms with E-state index in [0.717, 1.165) is 10.0 Å². The van der Waals surface area contributed by atoms with Crippen molar-refractivity contribution in [3.63, 3.8) is 0 Å². The van der Waals surface area contributed by atoms with Gasteiger partial charge in [-0.05, 0) is 60.9 Å². The highest BCUT2D eigenvalue weighted by Gasteiger charge is 2.35. The van der Waals surface area contributed by atoms with Crippen molar-refractivity contribution in [1.82, 2.24) is 10.3 Å². The Labute approximate surface area is 183 Å². The van der Waals surface area contributed by atoms with Gasteiger partial charge in [-0.3, -0.25) is 10.1 Å². The molecule has 0 fully saturated rings. The molecule has 0 saturated carbocycles. The summed E-state index contributed by atoms with van der Waals surface area (Å²) >= 11 is 4.79. The Morgan fingerprint density at radius 1 is 1.17 bits per heavy atom. The molecule has 3 aromatic rings. The molecule has 5 rings (SSSR count). The van der Waals surface area contributed by atoms with E-state index in [1.54, 1.807) is 29.3 Å². The molecular weight excluding hydrogens is 471 g/mol. The molecule has 3 heterocycles. The average Bonchev–Trinajstić information content (AvgIpc) is 3.23. The molecule has 6 nitrogen and oxygen atoms in total. The lowest BCUT2D eigenvalue weighted by Gasteiger charge is -2.32. The van der Waals surface area contributed by atoms with Crippen LogP contribution < -0.4 is 15.9 Å². The molecule has 1 atom stereocenters. The first-order chi connectivity index (χ1) is 14.5. The quantitative estimate of drug-likeness (QED) is 0.605. The Balaban J connectivity index is 1.66. The first-order valence-electron chi connectivity index (χ1n) is 9.00. The number of hydrogen-bond donors (Lipinski definition) is 1. The van der Waals surface area contributed by atoms with Crippen molar-refractivity contribution in [1.29, 1.82) is 0 Å². The highest BCUT2D eigenvalue weighted by atomic mass is 79.9. The van der Waals surface area contributed by atoms with E-state index in [0.29, 0.717) is 33.0 Å². The lowest BCUT2D eigenvalue weighted by atomic mass is 10.1. The Hall–Kier alpha value is -2.91. The summed E-state index contributed by atoms with van der Waals surface area (Å²) in [5.74, 6) is 0.546. The van der Waals surface area contributed by atoms with E-state index in [1.807, 2.05) is 24.5 Å². The molecule has 2 aromatic carbocycles. The van der Waals surface area contributed by atoms with Crippen molar-refractivity contribution in [2.24, 2.45) is 10.1 Å². The fourth-order valence-electron chi connectivity index (χ4n) is 3.39.